The molecule has 0 aliphatic rings. The van der Waals surface area contributed by atoms with Crippen LogP contribution in [0.5, 0.6) is 0 Å². The highest BCUT2D eigenvalue weighted by molar-refractivity contribution is 5.52. The van der Waals surface area contributed by atoms with Gasteiger partial charge in [0.2, 0.25) is 0 Å². The molecule has 0 aliphatic carbocycles. The topological polar surface area (TPSA) is 50.7 Å². The van der Waals surface area contributed by atoms with E-state index in [0.717, 1.165) is 23.8 Å². The van der Waals surface area contributed by atoms with Crippen LogP contribution < -0.4 is 5.32 Å². The van der Waals surface area contributed by atoms with Crippen LogP contribution in [0.2, 0.25) is 0 Å². The van der Waals surface area contributed by atoms with Crippen LogP contribution in [-0.2, 0) is 0 Å². The van der Waals surface area contributed by atoms with Crippen molar-refractivity contribution in [1.82, 2.24) is 15.0 Å². The Morgan fingerprint density at radius 1 is 0.880 bits per heavy atom. The van der Waals surface area contributed by atoms with Gasteiger partial charge in [-0.3, -0.25) is 4.98 Å². The maximum atomic E-state index is 4.59. The second kappa shape index (κ2) is 11.6. The average Bonchev–Trinajstić information content (AvgIpc) is 2.63. The van der Waals surface area contributed by atoms with E-state index in [4.69, 9.17) is 0 Å². The Morgan fingerprint density at radius 3 is 2.28 bits per heavy atom. The SMILES string of the molecule is CCCCCCCCCCCNc1cc(C)nc(-c2ccccn2)n1. The summed E-state index contributed by atoms with van der Waals surface area (Å²) in [7, 11) is 0. The minimum absolute atomic E-state index is 0.690. The van der Waals surface area contributed by atoms with Gasteiger partial charge < -0.3 is 5.32 Å². The highest BCUT2D eigenvalue weighted by Gasteiger charge is 2.05. The molecule has 1 N–H and O–H groups in total. The van der Waals surface area contributed by atoms with Crippen molar-refractivity contribution >= 4 is 5.82 Å². The van der Waals surface area contributed by atoms with Crippen molar-refractivity contribution in [3.8, 4) is 11.5 Å². The molecule has 0 aromatic carbocycles. The van der Waals surface area contributed by atoms with Gasteiger partial charge in [-0.1, -0.05) is 64.4 Å². The fraction of sp³-hybridized carbons (Fsp3) is 0.571. The molecule has 0 saturated carbocycles. The molecule has 0 aliphatic heterocycles. The van der Waals surface area contributed by atoms with Crippen molar-refractivity contribution in [2.45, 2.75) is 71.6 Å². The van der Waals surface area contributed by atoms with Gasteiger partial charge in [0.25, 0.3) is 0 Å². The predicted molar refractivity (Wildman–Crippen MR) is 106 cm³/mol. The van der Waals surface area contributed by atoms with Crippen LogP contribution in [0.15, 0.2) is 30.5 Å². The van der Waals surface area contributed by atoms with Crippen LogP contribution in [0.1, 0.15) is 70.4 Å². The second-order valence-electron chi connectivity index (χ2n) is 6.69. The molecular weight excluding hydrogens is 308 g/mol. The summed E-state index contributed by atoms with van der Waals surface area (Å²) in [5.41, 5.74) is 1.78. The van der Waals surface area contributed by atoms with Crippen molar-refractivity contribution in [3.05, 3.63) is 36.2 Å². The molecule has 136 valence electrons. The summed E-state index contributed by atoms with van der Waals surface area (Å²) in [5, 5.41) is 3.44. The van der Waals surface area contributed by atoms with Gasteiger partial charge in [0, 0.05) is 24.5 Å². The van der Waals surface area contributed by atoms with Crippen LogP contribution in [0.4, 0.5) is 5.82 Å². The molecule has 2 rings (SSSR count). The third kappa shape index (κ3) is 7.63. The van der Waals surface area contributed by atoms with Crippen LogP contribution >= 0.6 is 0 Å². The van der Waals surface area contributed by atoms with E-state index >= 15 is 0 Å². The van der Waals surface area contributed by atoms with E-state index in [1.165, 1.54) is 57.8 Å². The van der Waals surface area contributed by atoms with Gasteiger partial charge in [0.15, 0.2) is 5.82 Å². The summed E-state index contributed by atoms with van der Waals surface area (Å²) in [6, 6.07) is 7.81. The summed E-state index contributed by atoms with van der Waals surface area (Å²) < 4.78 is 0. The Bertz CT molecular complexity index is 598. The quantitative estimate of drug-likeness (QED) is 0.497. The third-order valence-corrected chi connectivity index (χ3v) is 4.33. The molecule has 2 heterocycles. The average molecular weight is 341 g/mol. The highest BCUT2D eigenvalue weighted by atomic mass is 15.0. The van der Waals surface area contributed by atoms with Crippen LogP contribution in [0.3, 0.4) is 0 Å². The Morgan fingerprint density at radius 2 is 1.60 bits per heavy atom. The predicted octanol–water partition coefficient (Wildman–Crippen LogP) is 5.79. The van der Waals surface area contributed by atoms with Crippen molar-refractivity contribution in [2.75, 3.05) is 11.9 Å². The summed E-state index contributed by atoms with van der Waals surface area (Å²) >= 11 is 0. The van der Waals surface area contributed by atoms with E-state index in [-0.39, 0.29) is 0 Å². The largest absolute Gasteiger partial charge is 0.370 e. The number of unbranched alkanes of at least 4 members (excludes halogenated alkanes) is 8. The molecule has 0 atom stereocenters. The molecule has 2 aromatic heterocycles. The number of hydrogen-bond acceptors (Lipinski definition) is 4. The fourth-order valence-corrected chi connectivity index (χ4v) is 2.92. The number of nitrogens with zero attached hydrogens (tertiary/aromatic N) is 3. The van der Waals surface area contributed by atoms with Gasteiger partial charge in [-0.2, -0.15) is 0 Å². The van der Waals surface area contributed by atoms with E-state index < -0.39 is 0 Å². The third-order valence-electron chi connectivity index (χ3n) is 4.33. The Hall–Kier alpha value is -1.97. The first kappa shape index (κ1) is 19.4. The Balaban J connectivity index is 1.67. The molecule has 0 saturated heterocycles. The van der Waals surface area contributed by atoms with E-state index in [2.05, 4.69) is 27.2 Å². The first-order chi connectivity index (χ1) is 12.3. The smallest absolute Gasteiger partial charge is 0.180 e. The van der Waals surface area contributed by atoms with E-state index in [1.807, 2.05) is 31.2 Å². The molecule has 4 nitrogen and oxygen atoms in total. The van der Waals surface area contributed by atoms with Gasteiger partial charge in [-0.15, -0.1) is 0 Å². The molecule has 0 spiro atoms. The summed E-state index contributed by atoms with van der Waals surface area (Å²) in [6.07, 6.45) is 13.9. The molecule has 0 amide bonds. The molecule has 0 unspecified atom stereocenters. The lowest BCUT2D eigenvalue weighted by molar-refractivity contribution is 0.569. The fourth-order valence-electron chi connectivity index (χ4n) is 2.92. The van der Waals surface area contributed by atoms with Gasteiger partial charge >= 0.3 is 0 Å². The lowest BCUT2D eigenvalue weighted by Gasteiger charge is -2.08. The van der Waals surface area contributed by atoms with Crippen LogP contribution in [-0.4, -0.2) is 21.5 Å². The molecule has 0 bridgehead atoms. The Labute approximate surface area is 152 Å². The molecule has 0 radical (unpaired) electrons. The molecule has 25 heavy (non-hydrogen) atoms. The minimum Gasteiger partial charge on any atom is -0.370 e. The first-order valence-electron chi connectivity index (χ1n) is 9.80. The lowest BCUT2D eigenvalue weighted by atomic mass is 10.1. The van der Waals surface area contributed by atoms with E-state index in [1.54, 1.807) is 6.20 Å². The highest BCUT2D eigenvalue weighted by Crippen LogP contribution is 2.15. The lowest BCUT2D eigenvalue weighted by Crippen LogP contribution is -2.05. The van der Waals surface area contributed by atoms with E-state index in [9.17, 15) is 0 Å². The number of aromatic nitrogens is 3. The zero-order valence-electron chi connectivity index (χ0n) is 15.8. The molecular formula is C21H32N4. The first-order valence-corrected chi connectivity index (χ1v) is 9.80. The van der Waals surface area contributed by atoms with Gasteiger partial charge in [0.1, 0.15) is 11.5 Å². The van der Waals surface area contributed by atoms with E-state index in [0.29, 0.717) is 5.82 Å². The standard InChI is InChI=1S/C21H32N4/c1-3-4-5-6-7-8-9-10-12-16-23-20-17-18(2)24-21(25-20)19-14-11-13-15-22-19/h11,13-15,17H,3-10,12,16H2,1-2H3,(H,23,24,25). The molecule has 2 aromatic rings. The number of anilines is 1. The number of aryl methyl sites for hydroxylation is 1. The maximum Gasteiger partial charge on any atom is 0.180 e. The van der Waals surface area contributed by atoms with Crippen LogP contribution in [0.25, 0.3) is 11.5 Å². The summed E-state index contributed by atoms with van der Waals surface area (Å²) in [4.78, 5) is 13.4. The molecule has 4 heteroatoms. The monoisotopic (exact) mass is 340 g/mol. The maximum absolute atomic E-state index is 4.59. The number of nitrogens with one attached hydrogen (secondary N) is 1. The zero-order chi connectivity index (χ0) is 17.7. The van der Waals surface area contributed by atoms with Gasteiger partial charge in [0.05, 0.1) is 0 Å². The minimum atomic E-state index is 0.690. The van der Waals surface area contributed by atoms with Crippen molar-refractivity contribution < 1.29 is 0 Å². The zero-order valence-corrected chi connectivity index (χ0v) is 15.8. The van der Waals surface area contributed by atoms with Crippen molar-refractivity contribution in [1.29, 1.82) is 0 Å². The molecule has 0 fully saturated rings. The van der Waals surface area contributed by atoms with Gasteiger partial charge in [-0.25, -0.2) is 9.97 Å². The number of pyridine rings is 1. The normalized spacial score (nSPS) is 10.8. The summed E-state index contributed by atoms with van der Waals surface area (Å²) in [5.74, 6) is 1.59. The number of rotatable bonds is 12. The van der Waals surface area contributed by atoms with Crippen LogP contribution in [0, 0.1) is 6.92 Å². The summed E-state index contributed by atoms with van der Waals surface area (Å²) in [6.45, 7) is 5.23. The van der Waals surface area contributed by atoms with Crippen molar-refractivity contribution in [2.24, 2.45) is 0 Å². The van der Waals surface area contributed by atoms with Crippen molar-refractivity contribution in [3.63, 3.8) is 0 Å². The second-order valence-corrected chi connectivity index (χ2v) is 6.69. The Kier molecular flexibility index (Phi) is 8.95. The van der Waals surface area contributed by atoms with Gasteiger partial charge in [-0.05, 0) is 25.5 Å². The number of hydrogen-bond donors (Lipinski definition) is 1.